The van der Waals surface area contributed by atoms with Gasteiger partial charge in [0.05, 0.1) is 5.60 Å². The van der Waals surface area contributed by atoms with E-state index in [-0.39, 0.29) is 10.8 Å². The molecule has 1 heteroatoms. The molecule has 4 aliphatic rings. The van der Waals surface area contributed by atoms with Gasteiger partial charge < -0.3 is 5.11 Å². The summed E-state index contributed by atoms with van der Waals surface area (Å²) in [5.41, 5.74) is 0.117. The smallest absolute Gasteiger partial charge is 0.0799 e. The van der Waals surface area contributed by atoms with E-state index in [1.54, 1.807) is 0 Å². The minimum absolute atomic E-state index is 0.119. The topological polar surface area (TPSA) is 20.2 Å². The Kier molecular flexibility index (Phi) is 1.85. The van der Waals surface area contributed by atoms with Crippen LogP contribution in [0.15, 0.2) is 12.2 Å². The lowest BCUT2D eigenvalue weighted by Crippen LogP contribution is -2.56. The molecule has 0 aromatic carbocycles. The van der Waals surface area contributed by atoms with E-state index < -0.39 is 5.60 Å². The summed E-state index contributed by atoms with van der Waals surface area (Å²) in [6.07, 6.45) is 12.2. The molecule has 1 N–H and O–H groups in total. The van der Waals surface area contributed by atoms with E-state index in [9.17, 15) is 5.11 Å². The summed E-state index contributed by atoms with van der Waals surface area (Å²) < 4.78 is 0. The number of hydrogen-bond acceptors (Lipinski definition) is 1. The maximum atomic E-state index is 11.7. The SMILES string of the molecule is CC1(C)C2CCC1(C)C(O)(C13C=CC(CC1)C3)C2. The van der Waals surface area contributed by atoms with Crippen LogP contribution >= 0.6 is 0 Å². The molecule has 18 heavy (non-hydrogen) atoms. The van der Waals surface area contributed by atoms with Crippen LogP contribution in [0.5, 0.6) is 0 Å². The van der Waals surface area contributed by atoms with E-state index in [1.807, 2.05) is 0 Å². The molecule has 0 aliphatic heterocycles. The molecule has 0 spiro atoms. The lowest BCUT2D eigenvalue weighted by molar-refractivity contribution is -0.156. The average molecular weight is 246 g/mol. The second-order valence-corrected chi connectivity index (χ2v) is 8.37. The predicted octanol–water partition coefficient (Wildman–Crippen LogP) is 3.92. The van der Waals surface area contributed by atoms with E-state index in [0.717, 1.165) is 18.3 Å². The summed E-state index contributed by atoms with van der Waals surface area (Å²) in [7, 11) is 0. The number of allylic oxidation sites excluding steroid dienone is 1. The largest absolute Gasteiger partial charge is 0.388 e. The van der Waals surface area contributed by atoms with Crippen LogP contribution in [0.25, 0.3) is 0 Å². The first-order valence-corrected chi connectivity index (χ1v) is 7.76. The van der Waals surface area contributed by atoms with E-state index >= 15 is 0 Å². The van der Waals surface area contributed by atoms with Crippen molar-refractivity contribution in [3.63, 3.8) is 0 Å². The van der Waals surface area contributed by atoms with Gasteiger partial charge in [-0.25, -0.2) is 0 Å². The van der Waals surface area contributed by atoms with Crippen molar-refractivity contribution in [3.8, 4) is 0 Å². The third kappa shape index (κ3) is 0.921. The Morgan fingerprint density at radius 2 is 1.83 bits per heavy atom. The number of aliphatic hydroxyl groups is 1. The summed E-state index contributed by atoms with van der Waals surface area (Å²) in [4.78, 5) is 0. The minimum atomic E-state index is -0.436. The summed E-state index contributed by atoms with van der Waals surface area (Å²) in [5, 5.41) is 11.7. The first-order valence-electron chi connectivity index (χ1n) is 7.76. The fourth-order valence-electron chi connectivity index (χ4n) is 6.29. The zero-order chi connectivity index (χ0) is 12.8. The van der Waals surface area contributed by atoms with Crippen LogP contribution in [0, 0.1) is 28.1 Å². The van der Waals surface area contributed by atoms with Gasteiger partial charge in [0.15, 0.2) is 0 Å². The van der Waals surface area contributed by atoms with Crippen LogP contribution in [0.1, 0.15) is 59.3 Å². The van der Waals surface area contributed by atoms with Gasteiger partial charge in [-0.3, -0.25) is 0 Å². The molecule has 0 aromatic heterocycles. The van der Waals surface area contributed by atoms with Crippen molar-refractivity contribution < 1.29 is 5.11 Å². The van der Waals surface area contributed by atoms with Crippen molar-refractivity contribution in [2.75, 3.05) is 0 Å². The van der Waals surface area contributed by atoms with Gasteiger partial charge in [0, 0.05) is 10.8 Å². The second-order valence-electron chi connectivity index (χ2n) is 8.37. The fraction of sp³-hybridized carbons (Fsp3) is 0.882. The molecular formula is C17H26O. The predicted molar refractivity (Wildman–Crippen MR) is 73.1 cm³/mol. The molecule has 4 rings (SSSR count). The first kappa shape index (κ1) is 11.5. The molecule has 0 amide bonds. The highest BCUT2D eigenvalue weighted by molar-refractivity contribution is 5.31. The van der Waals surface area contributed by atoms with Gasteiger partial charge in [-0.05, 0) is 55.8 Å². The van der Waals surface area contributed by atoms with Crippen LogP contribution in [-0.4, -0.2) is 10.7 Å². The minimum Gasteiger partial charge on any atom is -0.388 e. The van der Waals surface area contributed by atoms with Crippen LogP contribution in [0.4, 0.5) is 0 Å². The molecular weight excluding hydrogens is 220 g/mol. The molecule has 0 aromatic rings. The van der Waals surface area contributed by atoms with Crippen molar-refractivity contribution in [1.29, 1.82) is 0 Å². The zero-order valence-corrected chi connectivity index (χ0v) is 12.0. The van der Waals surface area contributed by atoms with Gasteiger partial charge >= 0.3 is 0 Å². The van der Waals surface area contributed by atoms with Crippen molar-refractivity contribution in [2.24, 2.45) is 28.1 Å². The van der Waals surface area contributed by atoms with E-state index in [4.69, 9.17) is 0 Å². The molecule has 3 fully saturated rings. The third-order valence-corrected chi connectivity index (χ3v) is 7.99. The Hall–Kier alpha value is -0.300. The molecule has 5 unspecified atom stereocenters. The Bertz CT molecular complexity index is 437. The normalized spacial score (nSPS) is 59.8. The molecule has 100 valence electrons. The van der Waals surface area contributed by atoms with E-state index in [0.29, 0.717) is 5.41 Å². The van der Waals surface area contributed by atoms with E-state index in [2.05, 4.69) is 32.9 Å². The van der Waals surface area contributed by atoms with Crippen molar-refractivity contribution in [3.05, 3.63) is 12.2 Å². The number of rotatable bonds is 1. The lowest BCUT2D eigenvalue weighted by Gasteiger charge is -2.53. The highest BCUT2D eigenvalue weighted by Gasteiger charge is 2.74. The average Bonchev–Trinajstić information content (AvgIpc) is 3.01. The van der Waals surface area contributed by atoms with Crippen LogP contribution in [0.3, 0.4) is 0 Å². The summed E-state index contributed by atoms with van der Waals surface area (Å²) in [6, 6.07) is 0. The second kappa shape index (κ2) is 2.90. The Morgan fingerprint density at radius 1 is 1.06 bits per heavy atom. The Morgan fingerprint density at radius 3 is 2.22 bits per heavy atom. The van der Waals surface area contributed by atoms with Gasteiger partial charge in [0.25, 0.3) is 0 Å². The fourth-order valence-corrected chi connectivity index (χ4v) is 6.29. The molecule has 0 saturated heterocycles. The molecule has 5 atom stereocenters. The first-order chi connectivity index (χ1) is 8.35. The quantitative estimate of drug-likeness (QED) is 0.695. The summed E-state index contributed by atoms with van der Waals surface area (Å²) in [5.74, 6) is 1.50. The maximum Gasteiger partial charge on any atom is 0.0799 e. The maximum absolute atomic E-state index is 11.7. The number of hydrogen-bond donors (Lipinski definition) is 1. The lowest BCUT2D eigenvalue weighted by atomic mass is 9.54. The van der Waals surface area contributed by atoms with E-state index in [1.165, 1.54) is 32.1 Å². The van der Waals surface area contributed by atoms with Crippen molar-refractivity contribution in [2.45, 2.75) is 64.9 Å². The third-order valence-electron chi connectivity index (χ3n) is 7.99. The van der Waals surface area contributed by atoms with Gasteiger partial charge in [0.1, 0.15) is 0 Å². The van der Waals surface area contributed by atoms with Gasteiger partial charge in [-0.1, -0.05) is 32.9 Å². The highest BCUT2D eigenvalue weighted by atomic mass is 16.3. The molecule has 3 saturated carbocycles. The molecule has 4 aliphatic carbocycles. The van der Waals surface area contributed by atoms with Crippen molar-refractivity contribution >= 4 is 0 Å². The summed E-state index contributed by atoms with van der Waals surface area (Å²) >= 11 is 0. The summed E-state index contributed by atoms with van der Waals surface area (Å²) in [6.45, 7) is 7.20. The number of fused-ring (bicyclic) bond motifs is 4. The van der Waals surface area contributed by atoms with Crippen LogP contribution in [0.2, 0.25) is 0 Å². The molecule has 1 nitrogen and oxygen atoms in total. The zero-order valence-electron chi connectivity index (χ0n) is 12.0. The highest BCUT2D eigenvalue weighted by Crippen LogP contribution is 2.76. The molecule has 0 heterocycles. The van der Waals surface area contributed by atoms with Crippen molar-refractivity contribution in [1.82, 2.24) is 0 Å². The van der Waals surface area contributed by atoms with Gasteiger partial charge in [0.2, 0.25) is 0 Å². The van der Waals surface area contributed by atoms with Gasteiger partial charge in [-0.2, -0.15) is 0 Å². The Balaban J connectivity index is 1.84. The van der Waals surface area contributed by atoms with Crippen LogP contribution < -0.4 is 0 Å². The Labute approximate surface area is 111 Å². The molecule has 4 bridgehead atoms. The van der Waals surface area contributed by atoms with Crippen LogP contribution in [-0.2, 0) is 0 Å². The monoisotopic (exact) mass is 246 g/mol. The van der Waals surface area contributed by atoms with Gasteiger partial charge in [-0.15, -0.1) is 0 Å². The molecule has 0 radical (unpaired) electrons. The standard InChI is InChI=1S/C17H26O/c1-14(2)13-6-7-15(14,3)17(18,11-13)16-8-4-12(10-16)5-9-16/h4,8,12-13,18H,5-7,9-11H2,1-3H3.